The van der Waals surface area contributed by atoms with Crippen molar-refractivity contribution in [1.82, 2.24) is 5.43 Å². The molecule has 2 aromatic rings. The molecule has 0 unspecified atom stereocenters. The Bertz CT molecular complexity index is 862. The molecular formula is C22H28N2O5. The van der Waals surface area contributed by atoms with E-state index in [2.05, 4.69) is 10.5 Å². The zero-order valence-electron chi connectivity index (χ0n) is 17.7. The van der Waals surface area contributed by atoms with E-state index in [1.54, 1.807) is 25.3 Å². The molecule has 156 valence electrons. The third-order valence-corrected chi connectivity index (χ3v) is 3.74. The van der Waals surface area contributed by atoms with Crippen molar-refractivity contribution in [3.05, 3.63) is 47.5 Å². The van der Waals surface area contributed by atoms with E-state index in [1.807, 2.05) is 45.9 Å². The molecule has 0 aliphatic heterocycles. The van der Waals surface area contributed by atoms with Crippen molar-refractivity contribution in [2.24, 2.45) is 5.10 Å². The maximum absolute atomic E-state index is 12.5. The molecule has 2 aromatic carbocycles. The van der Waals surface area contributed by atoms with Gasteiger partial charge in [-0.15, -0.1) is 0 Å². The molecule has 0 spiro atoms. The van der Waals surface area contributed by atoms with Crippen LogP contribution in [0.4, 0.5) is 0 Å². The van der Waals surface area contributed by atoms with Gasteiger partial charge in [0.1, 0.15) is 23.0 Å². The maximum atomic E-state index is 12.5. The van der Waals surface area contributed by atoms with Gasteiger partial charge in [-0.1, -0.05) is 0 Å². The molecule has 0 bridgehead atoms. The molecule has 0 saturated carbocycles. The second kappa shape index (κ2) is 10.4. The minimum atomic E-state index is -0.396. The number of carbonyl (C=O) groups excluding carboxylic acids is 1. The van der Waals surface area contributed by atoms with Gasteiger partial charge in [-0.2, -0.15) is 5.10 Å². The Morgan fingerprint density at radius 1 is 0.897 bits per heavy atom. The molecule has 1 amide bonds. The molecular weight excluding hydrogens is 372 g/mol. The molecule has 2 rings (SSSR count). The lowest BCUT2D eigenvalue weighted by Crippen LogP contribution is -2.18. The lowest BCUT2D eigenvalue weighted by molar-refractivity contribution is 0.0952. The van der Waals surface area contributed by atoms with Crippen LogP contribution in [0.2, 0.25) is 0 Å². The molecule has 0 saturated heterocycles. The molecule has 0 aromatic heterocycles. The van der Waals surface area contributed by atoms with Crippen molar-refractivity contribution in [3.63, 3.8) is 0 Å². The first-order valence-corrected chi connectivity index (χ1v) is 9.36. The Hall–Kier alpha value is -3.22. The van der Waals surface area contributed by atoms with Crippen LogP contribution in [0.3, 0.4) is 0 Å². The minimum Gasteiger partial charge on any atom is -0.497 e. The second-order valence-electron chi connectivity index (χ2n) is 6.80. The average Bonchev–Trinajstić information content (AvgIpc) is 2.68. The summed E-state index contributed by atoms with van der Waals surface area (Å²) in [6.45, 7) is 7.80. The highest BCUT2D eigenvalue weighted by Gasteiger charge is 2.13. The predicted octanol–water partition coefficient (Wildman–Crippen LogP) is 4.04. The Kier molecular flexibility index (Phi) is 7.88. The second-order valence-corrected chi connectivity index (χ2v) is 6.80. The van der Waals surface area contributed by atoms with Crippen LogP contribution in [0.15, 0.2) is 41.5 Å². The first kappa shape index (κ1) is 22.1. The predicted molar refractivity (Wildman–Crippen MR) is 113 cm³/mol. The Morgan fingerprint density at radius 3 is 2.17 bits per heavy atom. The minimum absolute atomic E-state index is 0.0189. The van der Waals surface area contributed by atoms with Crippen molar-refractivity contribution in [2.45, 2.75) is 39.9 Å². The molecule has 7 heteroatoms. The number of nitrogens with one attached hydrogen (secondary N) is 1. The van der Waals surface area contributed by atoms with Gasteiger partial charge in [0.2, 0.25) is 0 Å². The van der Waals surface area contributed by atoms with Gasteiger partial charge in [-0.3, -0.25) is 4.79 Å². The fourth-order valence-corrected chi connectivity index (χ4v) is 2.53. The van der Waals surface area contributed by atoms with Crippen molar-refractivity contribution < 1.29 is 23.7 Å². The van der Waals surface area contributed by atoms with Crippen LogP contribution in [-0.2, 0) is 0 Å². The maximum Gasteiger partial charge on any atom is 0.275 e. The molecule has 0 aliphatic rings. The number of benzene rings is 2. The molecule has 7 nitrogen and oxygen atoms in total. The molecule has 29 heavy (non-hydrogen) atoms. The van der Waals surface area contributed by atoms with E-state index in [-0.39, 0.29) is 12.2 Å². The monoisotopic (exact) mass is 400 g/mol. The van der Waals surface area contributed by atoms with E-state index in [9.17, 15) is 4.79 Å². The molecule has 0 radical (unpaired) electrons. The lowest BCUT2D eigenvalue weighted by Gasteiger charge is -2.15. The lowest BCUT2D eigenvalue weighted by atomic mass is 10.2. The summed E-state index contributed by atoms with van der Waals surface area (Å²) in [6, 6.07) is 10.4. The van der Waals surface area contributed by atoms with Crippen molar-refractivity contribution in [3.8, 4) is 23.0 Å². The van der Waals surface area contributed by atoms with Crippen LogP contribution in [0.1, 0.15) is 43.6 Å². The van der Waals surface area contributed by atoms with Gasteiger partial charge in [-0.25, -0.2) is 5.43 Å². The summed E-state index contributed by atoms with van der Waals surface area (Å²) in [5.74, 6) is 1.93. The largest absolute Gasteiger partial charge is 0.497 e. The number of rotatable bonds is 9. The van der Waals surface area contributed by atoms with E-state index in [4.69, 9.17) is 18.9 Å². The zero-order valence-corrected chi connectivity index (χ0v) is 17.7. The Morgan fingerprint density at radius 2 is 1.55 bits per heavy atom. The van der Waals surface area contributed by atoms with Crippen molar-refractivity contribution in [1.29, 1.82) is 0 Å². The summed E-state index contributed by atoms with van der Waals surface area (Å²) in [7, 11) is 3.04. The Labute approximate surface area is 171 Å². The third kappa shape index (κ3) is 6.41. The van der Waals surface area contributed by atoms with E-state index >= 15 is 0 Å². The molecule has 1 N–H and O–H groups in total. The van der Waals surface area contributed by atoms with Gasteiger partial charge in [-0.05, 0) is 52.0 Å². The van der Waals surface area contributed by atoms with E-state index in [1.165, 1.54) is 13.3 Å². The van der Waals surface area contributed by atoms with Gasteiger partial charge >= 0.3 is 0 Å². The summed E-state index contributed by atoms with van der Waals surface area (Å²) in [5.41, 5.74) is 3.58. The zero-order chi connectivity index (χ0) is 21.4. The summed E-state index contributed by atoms with van der Waals surface area (Å²) in [6.07, 6.45) is 1.57. The highest BCUT2D eigenvalue weighted by molar-refractivity contribution is 5.97. The van der Waals surface area contributed by atoms with Gasteiger partial charge in [0, 0.05) is 17.7 Å². The van der Waals surface area contributed by atoms with Gasteiger partial charge in [0.05, 0.1) is 38.2 Å². The summed E-state index contributed by atoms with van der Waals surface area (Å²) in [4.78, 5) is 12.5. The molecule has 0 heterocycles. The smallest absolute Gasteiger partial charge is 0.275 e. The topological polar surface area (TPSA) is 78.4 Å². The highest BCUT2D eigenvalue weighted by atomic mass is 16.5. The number of hydrazone groups is 1. The SMILES string of the molecule is COc1ccc(C(=O)N/N=C\c2ccc(OC(C)C)cc2OC(C)C)c(OC)c1. The number of methoxy groups -OCH3 is 2. The number of carbonyl (C=O) groups is 1. The van der Waals surface area contributed by atoms with Crippen LogP contribution in [0.25, 0.3) is 0 Å². The summed E-state index contributed by atoms with van der Waals surface area (Å²) < 4.78 is 22.0. The quantitative estimate of drug-likeness (QED) is 0.508. The number of nitrogens with zero attached hydrogens (tertiary/aromatic N) is 1. The summed E-state index contributed by atoms with van der Waals surface area (Å²) >= 11 is 0. The third-order valence-electron chi connectivity index (χ3n) is 3.74. The van der Waals surface area contributed by atoms with E-state index in [0.717, 1.165) is 5.56 Å². The first-order chi connectivity index (χ1) is 13.8. The standard InChI is InChI=1S/C22H28N2O5/c1-14(2)28-18-8-7-16(20(12-18)29-15(3)4)13-23-24-22(25)19-10-9-17(26-5)11-21(19)27-6/h7-15H,1-6H3,(H,24,25)/b23-13-. The number of hydrogen-bond donors (Lipinski definition) is 1. The van der Waals surface area contributed by atoms with Gasteiger partial charge in [0.15, 0.2) is 0 Å². The number of amides is 1. The number of hydrogen-bond acceptors (Lipinski definition) is 6. The van der Waals surface area contributed by atoms with Gasteiger partial charge in [0.25, 0.3) is 5.91 Å². The Balaban J connectivity index is 2.17. The van der Waals surface area contributed by atoms with Gasteiger partial charge < -0.3 is 18.9 Å². The fourth-order valence-electron chi connectivity index (χ4n) is 2.53. The van der Waals surface area contributed by atoms with Crippen LogP contribution < -0.4 is 24.4 Å². The normalized spacial score (nSPS) is 11.0. The molecule has 0 aliphatic carbocycles. The van der Waals surface area contributed by atoms with Crippen LogP contribution in [-0.4, -0.2) is 38.5 Å². The van der Waals surface area contributed by atoms with Crippen LogP contribution in [0.5, 0.6) is 23.0 Å². The van der Waals surface area contributed by atoms with E-state index < -0.39 is 5.91 Å². The first-order valence-electron chi connectivity index (χ1n) is 9.36. The van der Waals surface area contributed by atoms with Crippen LogP contribution in [0, 0.1) is 0 Å². The fraction of sp³-hybridized carbons (Fsp3) is 0.364. The van der Waals surface area contributed by atoms with Crippen molar-refractivity contribution >= 4 is 12.1 Å². The summed E-state index contributed by atoms with van der Waals surface area (Å²) in [5, 5.41) is 4.06. The van der Waals surface area contributed by atoms with Crippen molar-refractivity contribution in [2.75, 3.05) is 14.2 Å². The molecule has 0 atom stereocenters. The van der Waals surface area contributed by atoms with E-state index in [0.29, 0.717) is 28.6 Å². The highest BCUT2D eigenvalue weighted by Crippen LogP contribution is 2.26. The average molecular weight is 400 g/mol. The molecule has 0 fully saturated rings. The number of ether oxygens (including phenoxy) is 4. The van der Waals surface area contributed by atoms with Crippen LogP contribution >= 0.6 is 0 Å².